The van der Waals surface area contributed by atoms with Crippen LogP contribution < -0.4 is 0 Å². The highest BCUT2D eigenvalue weighted by Crippen LogP contribution is 2.29. The summed E-state index contributed by atoms with van der Waals surface area (Å²) in [4.78, 5) is 0. The first-order chi connectivity index (χ1) is 5.31. The molecular formula is C8H12O3. The molecule has 1 aliphatic carbocycles. The van der Waals surface area contributed by atoms with E-state index in [1.165, 1.54) is 0 Å². The molecule has 2 aliphatic rings. The molecule has 3 heteroatoms. The monoisotopic (exact) mass is 156 g/mol. The van der Waals surface area contributed by atoms with Gasteiger partial charge in [-0.2, -0.15) is 0 Å². The molecule has 11 heavy (non-hydrogen) atoms. The molecule has 0 bridgehead atoms. The van der Waals surface area contributed by atoms with Crippen LogP contribution in [0.25, 0.3) is 0 Å². The summed E-state index contributed by atoms with van der Waals surface area (Å²) < 4.78 is 10.8. The third-order valence-corrected chi connectivity index (χ3v) is 2.11. The van der Waals surface area contributed by atoms with Crippen molar-refractivity contribution in [2.75, 3.05) is 0 Å². The van der Waals surface area contributed by atoms with E-state index >= 15 is 0 Å². The predicted octanol–water partition coefficient (Wildman–Crippen LogP) is 0.437. The molecule has 0 radical (unpaired) electrons. The molecule has 3 nitrogen and oxygen atoms in total. The number of hydrogen-bond donors (Lipinski definition) is 1. The van der Waals surface area contributed by atoms with E-state index in [-0.39, 0.29) is 18.5 Å². The second-order valence-corrected chi connectivity index (χ2v) is 2.91. The summed E-state index contributed by atoms with van der Waals surface area (Å²) in [6, 6.07) is 0. The lowest BCUT2D eigenvalue weighted by Gasteiger charge is -2.10. The summed E-state index contributed by atoms with van der Waals surface area (Å²) in [7, 11) is 0. The molecule has 1 aliphatic heterocycles. The van der Waals surface area contributed by atoms with Gasteiger partial charge in [0.25, 0.3) is 0 Å². The molecule has 4 unspecified atom stereocenters. The van der Waals surface area contributed by atoms with Crippen LogP contribution in [0.4, 0.5) is 0 Å². The van der Waals surface area contributed by atoms with Crippen LogP contribution in [0.3, 0.4) is 0 Å². The van der Waals surface area contributed by atoms with Gasteiger partial charge in [-0.25, -0.2) is 0 Å². The fourth-order valence-electron chi connectivity index (χ4n) is 1.49. The van der Waals surface area contributed by atoms with Crippen LogP contribution >= 0.6 is 0 Å². The molecule has 62 valence electrons. The smallest absolute Gasteiger partial charge is 0.158 e. The summed E-state index contributed by atoms with van der Waals surface area (Å²) in [6.07, 6.45) is 3.66. The minimum atomic E-state index is -0.475. The molecule has 0 saturated carbocycles. The lowest BCUT2D eigenvalue weighted by atomic mass is 10.2. The van der Waals surface area contributed by atoms with Crippen LogP contribution in [0.15, 0.2) is 12.2 Å². The van der Waals surface area contributed by atoms with Gasteiger partial charge in [0, 0.05) is 0 Å². The Bertz CT molecular complexity index is 178. The van der Waals surface area contributed by atoms with Gasteiger partial charge in [-0.05, 0) is 6.42 Å². The van der Waals surface area contributed by atoms with E-state index in [1.807, 2.05) is 13.0 Å². The van der Waals surface area contributed by atoms with E-state index in [4.69, 9.17) is 9.47 Å². The van der Waals surface area contributed by atoms with E-state index in [0.717, 1.165) is 6.42 Å². The largest absolute Gasteiger partial charge is 0.386 e. The molecule has 0 aromatic rings. The Labute approximate surface area is 65.6 Å². The summed E-state index contributed by atoms with van der Waals surface area (Å²) in [5, 5.41) is 9.32. The molecule has 0 amide bonds. The summed E-state index contributed by atoms with van der Waals surface area (Å²) in [5.74, 6) is 0. The fourth-order valence-corrected chi connectivity index (χ4v) is 1.49. The summed E-state index contributed by atoms with van der Waals surface area (Å²) in [5.41, 5.74) is 0. The second-order valence-electron chi connectivity index (χ2n) is 2.91. The number of fused-ring (bicyclic) bond motifs is 1. The Hall–Kier alpha value is -0.380. The molecule has 1 fully saturated rings. The molecule has 1 heterocycles. The van der Waals surface area contributed by atoms with Crippen molar-refractivity contribution in [3.05, 3.63) is 12.2 Å². The quantitative estimate of drug-likeness (QED) is 0.560. The Morgan fingerprint density at radius 3 is 2.82 bits per heavy atom. The van der Waals surface area contributed by atoms with Crippen LogP contribution in [0, 0.1) is 0 Å². The summed E-state index contributed by atoms with van der Waals surface area (Å²) in [6.45, 7) is 2.00. The van der Waals surface area contributed by atoms with Gasteiger partial charge in [0.2, 0.25) is 0 Å². The summed E-state index contributed by atoms with van der Waals surface area (Å²) >= 11 is 0. The number of hydrogen-bond acceptors (Lipinski definition) is 3. The average Bonchev–Trinajstić information content (AvgIpc) is 2.53. The molecule has 2 rings (SSSR count). The normalized spacial score (nSPS) is 48.2. The highest BCUT2D eigenvalue weighted by atomic mass is 16.7. The predicted molar refractivity (Wildman–Crippen MR) is 39.0 cm³/mol. The van der Waals surface area contributed by atoms with Crippen molar-refractivity contribution < 1.29 is 14.6 Å². The van der Waals surface area contributed by atoms with Crippen molar-refractivity contribution in [2.45, 2.75) is 37.9 Å². The van der Waals surface area contributed by atoms with Crippen molar-refractivity contribution in [3.63, 3.8) is 0 Å². The third kappa shape index (κ3) is 1.09. The van der Waals surface area contributed by atoms with Crippen LogP contribution in [-0.2, 0) is 9.47 Å². The van der Waals surface area contributed by atoms with Gasteiger partial charge in [0.15, 0.2) is 6.29 Å². The Morgan fingerprint density at radius 2 is 2.18 bits per heavy atom. The van der Waals surface area contributed by atoms with Gasteiger partial charge in [-0.1, -0.05) is 19.1 Å². The molecule has 0 aromatic carbocycles. The van der Waals surface area contributed by atoms with E-state index < -0.39 is 6.10 Å². The van der Waals surface area contributed by atoms with Gasteiger partial charge in [0.05, 0.1) is 0 Å². The molecular weight excluding hydrogens is 144 g/mol. The molecule has 1 saturated heterocycles. The number of ether oxygens (including phenoxy) is 2. The number of aliphatic hydroxyl groups excluding tert-OH is 1. The minimum absolute atomic E-state index is 0.0186. The van der Waals surface area contributed by atoms with Gasteiger partial charge < -0.3 is 14.6 Å². The number of rotatable bonds is 1. The van der Waals surface area contributed by atoms with Crippen LogP contribution in [0.2, 0.25) is 0 Å². The van der Waals surface area contributed by atoms with Gasteiger partial charge in [0.1, 0.15) is 18.3 Å². The van der Waals surface area contributed by atoms with Crippen molar-refractivity contribution in [1.82, 2.24) is 0 Å². The van der Waals surface area contributed by atoms with E-state index in [9.17, 15) is 5.11 Å². The van der Waals surface area contributed by atoms with E-state index in [2.05, 4.69) is 0 Å². The molecule has 4 atom stereocenters. The first kappa shape index (κ1) is 7.28. The highest BCUT2D eigenvalue weighted by molar-refractivity contribution is 5.12. The first-order valence-electron chi connectivity index (χ1n) is 3.98. The maximum Gasteiger partial charge on any atom is 0.158 e. The topological polar surface area (TPSA) is 38.7 Å². The zero-order valence-electron chi connectivity index (χ0n) is 6.43. The van der Waals surface area contributed by atoms with Crippen LogP contribution in [-0.4, -0.2) is 29.7 Å². The number of aliphatic hydroxyl groups is 1. The SMILES string of the molecule is CCC1OC2C=CC(O)C2O1. The van der Waals surface area contributed by atoms with Crippen LogP contribution in [0.5, 0.6) is 0 Å². The standard InChI is InChI=1S/C8H12O3/c1-2-7-10-6-4-3-5(9)8(6)11-7/h3-9H,2H2,1H3. The zero-order chi connectivity index (χ0) is 7.84. The Kier molecular flexibility index (Phi) is 1.71. The van der Waals surface area contributed by atoms with E-state index in [1.54, 1.807) is 6.08 Å². The maximum absolute atomic E-state index is 9.32. The van der Waals surface area contributed by atoms with Crippen molar-refractivity contribution in [1.29, 1.82) is 0 Å². The van der Waals surface area contributed by atoms with Crippen molar-refractivity contribution >= 4 is 0 Å². The van der Waals surface area contributed by atoms with Crippen molar-refractivity contribution in [3.8, 4) is 0 Å². The van der Waals surface area contributed by atoms with Gasteiger partial charge >= 0.3 is 0 Å². The third-order valence-electron chi connectivity index (χ3n) is 2.11. The molecule has 1 N–H and O–H groups in total. The lowest BCUT2D eigenvalue weighted by molar-refractivity contribution is -0.0780. The molecule has 0 aromatic heterocycles. The minimum Gasteiger partial charge on any atom is -0.386 e. The van der Waals surface area contributed by atoms with Crippen LogP contribution in [0.1, 0.15) is 13.3 Å². The zero-order valence-corrected chi connectivity index (χ0v) is 6.43. The van der Waals surface area contributed by atoms with Crippen molar-refractivity contribution in [2.24, 2.45) is 0 Å². The Balaban J connectivity index is 2.03. The average molecular weight is 156 g/mol. The molecule has 0 spiro atoms. The first-order valence-corrected chi connectivity index (χ1v) is 3.98. The highest BCUT2D eigenvalue weighted by Gasteiger charge is 2.40. The van der Waals surface area contributed by atoms with Gasteiger partial charge in [-0.15, -0.1) is 0 Å². The van der Waals surface area contributed by atoms with E-state index in [0.29, 0.717) is 0 Å². The lowest BCUT2D eigenvalue weighted by Crippen LogP contribution is -2.27. The Morgan fingerprint density at radius 1 is 1.36 bits per heavy atom. The maximum atomic E-state index is 9.32. The van der Waals surface area contributed by atoms with Gasteiger partial charge in [-0.3, -0.25) is 0 Å². The fraction of sp³-hybridized carbons (Fsp3) is 0.750. The second kappa shape index (κ2) is 2.59.